The molecule has 23 heavy (non-hydrogen) atoms. The molecular formula is C16H11F2N5. The van der Waals surface area contributed by atoms with Crippen molar-refractivity contribution in [3.05, 3.63) is 65.9 Å². The number of H-pyrrole nitrogens is 1. The van der Waals surface area contributed by atoms with Gasteiger partial charge in [-0.05, 0) is 47.2 Å². The Kier molecular flexibility index (Phi) is 3.11. The van der Waals surface area contributed by atoms with Crippen molar-refractivity contribution in [2.24, 2.45) is 0 Å². The molecule has 0 aliphatic heterocycles. The van der Waals surface area contributed by atoms with Gasteiger partial charge in [0.1, 0.15) is 11.6 Å². The van der Waals surface area contributed by atoms with Gasteiger partial charge in [0.2, 0.25) is 5.82 Å². The smallest absolute Gasteiger partial charge is 0.204 e. The maximum absolute atomic E-state index is 13.3. The molecule has 4 rings (SSSR count). The lowest BCUT2D eigenvalue weighted by atomic mass is 10.1. The molecule has 0 saturated carbocycles. The number of aromatic amines is 1. The first-order valence-electron chi connectivity index (χ1n) is 6.97. The first-order valence-corrected chi connectivity index (χ1v) is 6.97. The Morgan fingerprint density at radius 3 is 2.57 bits per heavy atom. The Hall–Kier alpha value is -3.09. The van der Waals surface area contributed by atoms with Crippen molar-refractivity contribution < 1.29 is 8.78 Å². The van der Waals surface area contributed by atoms with Crippen LogP contribution in [0.1, 0.15) is 5.56 Å². The second kappa shape index (κ2) is 5.28. The van der Waals surface area contributed by atoms with E-state index in [1.807, 2.05) is 35.0 Å². The molecule has 0 spiro atoms. The van der Waals surface area contributed by atoms with Crippen molar-refractivity contribution in [2.75, 3.05) is 0 Å². The molecule has 2 heterocycles. The van der Waals surface area contributed by atoms with E-state index in [-0.39, 0.29) is 0 Å². The van der Waals surface area contributed by atoms with Gasteiger partial charge in [-0.15, -0.1) is 10.2 Å². The fraction of sp³-hybridized carbons (Fsp3) is 0.0625. The third kappa shape index (κ3) is 2.57. The molecule has 0 atom stereocenters. The zero-order valence-corrected chi connectivity index (χ0v) is 11.9. The van der Waals surface area contributed by atoms with E-state index in [9.17, 15) is 8.78 Å². The fourth-order valence-corrected chi connectivity index (χ4v) is 2.66. The highest BCUT2D eigenvalue weighted by atomic mass is 19.1. The van der Waals surface area contributed by atoms with E-state index in [4.69, 9.17) is 0 Å². The molecule has 4 aromatic rings. The number of fused-ring (bicyclic) bond motifs is 1. The Morgan fingerprint density at radius 2 is 1.83 bits per heavy atom. The molecule has 0 unspecified atom stereocenters. The van der Waals surface area contributed by atoms with E-state index in [1.165, 1.54) is 12.1 Å². The van der Waals surface area contributed by atoms with E-state index in [0.717, 1.165) is 22.5 Å². The van der Waals surface area contributed by atoms with E-state index >= 15 is 0 Å². The summed E-state index contributed by atoms with van der Waals surface area (Å²) < 4.78 is 28.6. The first-order chi connectivity index (χ1) is 11.2. The van der Waals surface area contributed by atoms with Crippen molar-refractivity contribution >= 4 is 10.9 Å². The Bertz CT molecular complexity index is 955. The van der Waals surface area contributed by atoms with Gasteiger partial charge >= 0.3 is 0 Å². The zero-order valence-electron chi connectivity index (χ0n) is 11.9. The zero-order chi connectivity index (χ0) is 15.8. The average molecular weight is 311 g/mol. The number of benzene rings is 2. The molecule has 1 N–H and O–H groups in total. The van der Waals surface area contributed by atoms with Crippen molar-refractivity contribution in [3.8, 4) is 11.4 Å². The quantitative estimate of drug-likeness (QED) is 0.632. The summed E-state index contributed by atoms with van der Waals surface area (Å²) >= 11 is 0. The summed E-state index contributed by atoms with van der Waals surface area (Å²) in [7, 11) is 0. The number of hydrogen-bond donors (Lipinski definition) is 1. The lowest BCUT2D eigenvalue weighted by Gasteiger charge is -2.07. The van der Waals surface area contributed by atoms with Gasteiger partial charge in [0, 0.05) is 35.3 Å². The molecule has 114 valence electrons. The Morgan fingerprint density at radius 1 is 1.00 bits per heavy atom. The lowest BCUT2D eigenvalue weighted by molar-refractivity contribution is 0.578. The minimum absolute atomic E-state index is 0.389. The summed E-state index contributed by atoms with van der Waals surface area (Å²) in [5.74, 6) is -0.626. The number of halogens is 2. The molecule has 0 fully saturated rings. The van der Waals surface area contributed by atoms with Gasteiger partial charge in [-0.25, -0.2) is 8.78 Å². The summed E-state index contributed by atoms with van der Waals surface area (Å²) in [6.45, 7) is 0.389. The summed E-state index contributed by atoms with van der Waals surface area (Å²) in [5, 5.41) is 14.9. The second-order valence-corrected chi connectivity index (χ2v) is 5.23. The standard InChI is InChI=1S/C16H11F2N5/c17-13-5-10(6-14(18)8-13)9-23-4-3-11-7-12(1-2-15(11)23)16-19-21-22-20-16/h1-8H,9H2,(H,19,20,21,22). The maximum Gasteiger partial charge on any atom is 0.204 e. The number of aromatic nitrogens is 5. The Balaban J connectivity index is 1.71. The molecular weight excluding hydrogens is 300 g/mol. The van der Waals surface area contributed by atoms with Crippen LogP contribution in [0, 0.1) is 11.6 Å². The maximum atomic E-state index is 13.3. The highest BCUT2D eigenvalue weighted by molar-refractivity contribution is 5.84. The topological polar surface area (TPSA) is 59.4 Å². The highest BCUT2D eigenvalue weighted by Gasteiger charge is 2.08. The molecule has 0 aliphatic carbocycles. The van der Waals surface area contributed by atoms with Crippen LogP contribution in [-0.4, -0.2) is 25.2 Å². The number of hydrogen-bond acceptors (Lipinski definition) is 3. The fourth-order valence-electron chi connectivity index (χ4n) is 2.66. The minimum atomic E-state index is -0.573. The monoisotopic (exact) mass is 311 g/mol. The molecule has 0 radical (unpaired) electrons. The second-order valence-electron chi connectivity index (χ2n) is 5.23. The largest absolute Gasteiger partial charge is 0.343 e. The third-order valence-electron chi connectivity index (χ3n) is 3.65. The predicted octanol–water partition coefficient (Wildman–Crippen LogP) is 3.15. The molecule has 2 aromatic heterocycles. The number of rotatable bonds is 3. The average Bonchev–Trinajstić information content (AvgIpc) is 3.16. The molecule has 2 aromatic carbocycles. The predicted molar refractivity (Wildman–Crippen MR) is 80.6 cm³/mol. The van der Waals surface area contributed by atoms with Crippen molar-refractivity contribution in [2.45, 2.75) is 6.54 Å². The molecule has 0 amide bonds. The van der Waals surface area contributed by atoms with Crippen LogP contribution in [0.15, 0.2) is 48.7 Å². The van der Waals surface area contributed by atoms with Crippen LogP contribution in [0.3, 0.4) is 0 Å². The van der Waals surface area contributed by atoms with Gasteiger partial charge in [0.25, 0.3) is 0 Å². The van der Waals surface area contributed by atoms with Crippen LogP contribution < -0.4 is 0 Å². The number of nitrogens with zero attached hydrogens (tertiary/aromatic N) is 4. The van der Waals surface area contributed by atoms with Crippen LogP contribution in [0.2, 0.25) is 0 Å². The molecule has 0 bridgehead atoms. The van der Waals surface area contributed by atoms with Crippen molar-refractivity contribution in [1.82, 2.24) is 25.2 Å². The van der Waals surface area contributed by atoms with Crippen LogP contribution in [-0.2, 0) is 6.54 Å². The lowest BCUT2D eigenvalue weighted by Crippen LogP contribution is -1.99. The van der Waals surface area contributed by atoms with Gasteiger partial charge in [-0.2, -0.15) is 5.21 Å². The Labute approximate surface area is 129 Å². The van der Waals surface area contributed by atoms with E-state index in [2.05, 4.69) is 20.6 Å². The minimum Gasteiger partial charge on any atom is -0.343 e. The van der Waals surface area contributed by atoms with Crippen LogP contribution >= 0.6 is 0 Å². The first kappa shape index (κ1) is 13.6. The summed E-state index contributed by atoms with van der Waals surface area (Å²) in [6.07, 6.45) is 1.88. The van der Waals surface area contributed by atoms with E-state index < -0.39 is 11.6 Å². The van der Waals surface area contributed by atoms with E-state index in [1.54, 1.807) is 0 Å². The highest BCUT2D eigenvalue weighted by Crippen LogP contribution is 2.23. The van der Waals surface area contributed by atoms with Crippen molar-refractivity contribution in [1.29, 1.82) is 0 Å². The normalized spacial score (nSPS) is 11.2. The van der Waals surface area contributed by atoms with Gasteiger partial charge in [-0.3, -0.25) is 0 Å². The molecule has 0 saturated heterocycles. The number of nitrogens with one attached hydrogen (secondary N) is 1. The third-order valence-corrected chi connectivity index (χ3v) is 3.65. The number of tetrazole rings is 1. The molecule has 5 nitrogen and oxygen atoms in total. The van der Waals surface area contributed by atoms with Crippen LogP contribution in [0.5, 0.6) is 0 Å². The molecule has 7 heteroatoms. The van der Waals surface area contributed by atoms with Gasteiger partial charge in [0.15, 0.2) is 0 Å². The SMILES string of the molecule is Fc1cc(F)cc(Cn2ccc3cc(-c4nn[nH]n4)ccc32)c1. The van der Waals surface area contributed by atoms with Gasteiger partial charge < -0.3 is 4.57 Å². The van der Waals surface area contributed by atoms with Crippen LogP contribution in [0.25, 0.3) is 22.3 Å². The van der Waals surface area contributed by atoms with E-state index in [0.29, 0.717) is 17.9 Å². The van der Waals surface area contributed by atoms with Gasteiger partial charge in [-0.1, -0.05) is 0 Å². The molecule has 0 aliphatic rings. The summed E-state index contributed by atoms with van der Waals surface area (Å²) in [5.41, 5.74) is 2.38. The summed E-state index contributed by atoms with van der Waals surface area (Å²) in [4.78, 5) is 0. The van der Waals surface area contributed by atoms with Crippen molar-refractivity contribution in [3.63, 3.8) is 0 Å². The van der Waals surface area contributed by atoms with Crippen LogP contribution in [0.4, 0.5) is 8.78 Å². The summed E-state index contributed by atoms with van der Waals surface area (Å²) in [6, 6.07) is 11.2. The van der Waals surface area contributed by atoms with Gasteiger partial charge in [0.05, 0.1) is 0 Å².